The molecule has 0 aliphatic heterocycles. The van der Waals surface area contributed by atoms with E-state index in [9.17, 15) is 14.9 Å². The van der Waals surface area contributed by atoms with Crippen LogP contribution >= 0.6 is 0 Å². The second-order valence-corrected chi connectivity index (χ2v) is 5.84. The summed E-state index contributed by atoms with van der Waals surface area (Å²) in [5.41, 5.74) is 5.02. The average molecular weight is 379 g/mol. The maximum atomic E-state index is 12.3. The minimum Gasteiger partial charge on any atom is -0.497 e. The molecule has 3 aromatic rings. The number of nitrogens with one attached hydrogen (secondary N) is 2. The van der Waals surface area contributed by atoms with Crippen molar-refractivity contribution in [2.24, 2.45) is 5.10 Å². The Morgan fingerprint density at radius 1 is 1.21 bits per heavy atom. The Balaban J connectivity index is 1.71. The van der Waals surface area contributed by atoms with Crippen LogP contribution in [0.1, 0.15) is 23.0 Å². The number of hydrogen-bond donors (Lipinski definition) is 2. The zero-order valence-corrected chi connectivity index (χ0v) is 15.2. The van der Waals surface area contributed by atoms with Crippen LogP contribution < -0.4 is 10.2 Å². The van der Waals surface area contributed by atoms with Gasteiger partial charge in [0.05, 0.1) is 23.4 Å². The fourth-order valence-electron chi connectivity index (χ4n) is 2.45. The Morgan fingerprint density at radius 3 is 2.64 bits per heavy atom. The molecule has 0 unspecified atom stereocenters. The SMILES string of the molecule is COc1ccc(-c2cc(C(=O)NN=C(C)c3cccc([N+](=O)[O-])c3)[nH]n2)cc1. The van der Waals surface area contributed by atoms with Crippen LogP contribution in [0.3, 0.4) is 0 Å². The topological polar surface area (TPSA) is 123 Å². The molecule has 0 fully saturated rings. The first-order valence-electron chi connectivity index (χ1n) is 8.27. The van der Waals surface area contributed by atoms with Crippen LogP contribution in [0.4, 0.5) is 5.69 Å². The number of rotatable bonds is 6. The Kier molecular flexibility index (Phi) is 5.45. The van der Waals surface area contributed by atoms with Gasteiger partial charge in [0.2, 0.25) is 0 Å². The lowest BCUT2D eigenvalue weighted by Gasteiger charge is -2.02. The van der Waals surface area contributed by atoms with E-state index in [0.717, 1.165) is 11.3 Å². The van der Waals surface area contributed by atoms with Gasteiger partial charge in [0.15, 0.2) is 0 Å². The maximum Gasteiger partial charge on any atom is 0.289 e. The summed E-state index contributed by atoms with van der Waals surface area (Å²) in [6, 6.07) is 14.9. The average Bonchev–Trinajstić information content (AvgIpc) is 3.22. The normalized spacial score (nSPS) is 11.1. The second-order valence-electron chi connectivity index (χ2n) is 5.84. The monoisotopic (exact) mass is 379 g/mol. The number of nitro benzene ring substituents is 1. The molecular formula is C19H17N5O4. The molecule has 142 valence electrons. The summed E-state index contributed by atoms with van der Waals surface area (Å²) < 4.78 is 5.12. The fraction of sp³-hybridized carbons (Fsp3) is 0.105. The van der Waals surface area contributed by atoms with Crippen molar-refractivity contribution in [2.75, 3.05) is 7.11 Å². The number of non-ortho nitro benzene ring substituents is 1. The van der Waals surface area contributed by atoms with Gasteiger partial charge < -0.3 is 4.74 Å². The largest absolute Gasteiger partial charge is 0.497 e. The Labute approximate surface area is 160 Å². The highest BCUT2D eigenvalue weighted by Gasteiger charge is 2.12. The highest BCUT2D eigenvalue weighted by atomic mass is 16.6. The number of amides is 1. The third kappa shape index (κ3) is 4.21. The van der Waals surface area contributed by atoms with Crippen LogP contribution in [-0.2, 0) is 0 Å². The van der Waals surface area contributed by atoms with Gasteiger partial charge in [-0.15, -0.1) is 0 Å². The number of carbonyl (C=O) groups excluding carboxylic acids is 1. The summed E-state index contributed by atoms with van der Waals surface area (Å²) in [5, 5.41) is 21.7. The maximum absolute atomic E-state index is 12.3. The smallest absolute Gasteiger partial charge is 0.289 e. The van der Waals surface area contributed by atoms with Crippen molar-refractivity contribution >= 4 is 17.3 Å². The number of carbonyl (C=O) groups is 1. The highest BCUT2D eigenvalue weighted by Crippen LogP contribution is 2.21. The van der Waals surface area contributed by atoms with Crippen molar-refractivity contribution in [2.45, 2.75) is 6.92 Å². The van der Waals surface area contributed by atoms with E-state index in [1.54, 1.807) is 44.4 Å². The predicted octanol–water partition coefficient (Wildman–Crippen LogP) is 3.15. The first kappa shape index (κ1) is 18.8. The molecule has 0 atom stereocenters. The molecule has 9 nitrogen and oxygen atoms in total. The second kappa shape index (κ2) is 8.12. The number of hydrogen-bond acceptors (Lipinski definition) is 6. The molecule has 0 aliphatic carbocycles. The Morgan fingerprint density at radius 2 is 1.96 bits per heavy atom. The zero-order chi connectivity index (χ0) is 20.1. The van der Waals surface area contributed by atoms with Gasteiger partial charge in [-0.1, -0.05) is 12.1 Å². The van der Waals surface area contributed by atoms with E-state index in [4.69, 9.17) is 4.74 Å². The molecule has 0 saturated carbocycles. The van der Waals surface area contributed by atoms with E-state index in [1.807, 2.05) is 12.1 Å². The molecule has 0 spiro atoms. The number of methoxy groups -OCH3 is 1. The van der Waals surface area contributed by atoms with Crippen molar-refractivity contribution in [3.63, 3.8) is 0 Å². The molecule has 3 rings (SSSR count). The van der Waals surface area contributed by atoms with Gasteiger partial charge in [0.25, 0.3) is 11.6 Å². The van der Waals surface area contributed by atoms with Crippen molar-refractivity contribution < 1.29 is 14.5 Å². The number of nitrogens with zero attached hydrogens (tertiary/aromatic N) is 3. The third-order valence-corrected chi connectivity index (χ3v) is 4.01. The number of benzene rings is 2. The number of hydrazone groups is 1. The molecule has 1 amide bonds. The van der Waals surface area contributed by atoms with Crippen molar-refractivity contribution in [1.82, 2.24) is 15.6 Å². The number of aromatic amines is 1. The zero-order valence-electron chi connectivity index (χ0n) is 15.2. The Bertz CT molecular complexity index is 1040. The number of aromatic nitrogens is 2. The summed E-state index contributed by atoms with van der Waals surface area (Å²) in [4.78, 5) is 22.7. The summed E-state index contributed by atoms with van der Waals surface area (Å²) in [7, 11) is 1.59. The van der Waals surface area contributed by atoms with Gasteiger partial charge in [-0.25, -0.2) is 5.43 Å². The molecule has 0 saturated heterocycles. The first-order chi connectivity index (χ1) is 13.5. The lowest BCUT2D eigenvalue weighted by molar-refractivity contribution is -0.384. The van der Waals surface area contributed by atoms with E-state index in [-0.39, 0.29) is 11.4 Å². The molecule has 0 aliphatic rings. The summed E-state index contributed by atoms with van der Waals surface area (Å²) in [6.07, 6.45) is 0. The molecule has 2 aromatic carbocycles. The van der Waals surface area contributed by atoms with Crippen LogP contribution in [0, 0.1) is 10.1 Å². The highest BCUT2D eigenvalue weighted by molar-refractivity contribution is 6.01. The molecular weight excluding hydrogens is 362 g/mol. The van der Waals surface area contributed by atoms with E-state index in [0.29, 0.717) is 17.0 Å². The lowest BCUT2D eigenvalue weighted by Crippen LogP contribution is -2.19. The molecule has 9 heteroatoms. The van der Waals surface area contributed by atoms with Gasteiger partial charge >= 0.3 is 0 Å². The van der Waals surface area contributed by atoms with Crippen molar-refractivity contribution in [3.8, 4) is 17.0 Å². The van der Waals surface area contributed by atoms with E-state index in [2.05, 4.69) is 20.7 Å². The first-order valence-corrected chi connectivity index (χ1v) is 8.27. The number of H-pyrrole nitrogens is 1. The molecule has 0 bridgehead atoms. The number of nitro groups is 1. The molecule has 0 radical (unpaired) electrons. The molecule has 2 N–H and O–H groups in total. The van der Waals surface area contributed by atoms with E-state index in [1.165, 1.54) is 12.1 Å². The number of ether oxygens (including phenoxy) is 1. The van der Waals surface area contributed by atoms with Crippen LogP contribution in [0.25, 0.3) is 11.3 Å². The molecule has 28 heavy (non-hydrogen) atoms. The molecule has 1 heterocycles. The quantitative estimate of drug-likeness (QED) is 0.387. The standard InChI is InChI=1S/C19H17N5O4/c1-12(14-4-3-5-15(10-14)24(26)27)20-23-19(25)18-11-17(21-22-18)13-6-8-16(28-2)9-7-13/h3-11H,1-2H3,(H,21,22)(H,23,25). The minimum atomic E-state index is -0.485. The third-order valence-electron chi connectivity index (χ3n) is 4.01. The van der Waals surface area contributed by atoms with Crippen LogP contribution in [0.2, 0.25) is 0 Å². The van der Waals surface area contributed by atoms with Crippen LogP contribution in [-0.4, -0.2) is 33.8 Å². The fourth-order valence-corrected chi connectivity index (χ4v) is 2.45. The van der Waals surface area contributed by atoms with Crippen LogP contribution in [0.5, 0.6) is 5.75 Å². The van der Waals surface area contributed by atoms with Gasteiger partial charge in [0.1, 0.15) is 11.4 Å². The summed E-state index contributed by atoms with van der Waals surface area (Å²) >= 11 is 0. The van der Waals surface area contributed by atoms with Crippen molar-refractivity contribution in [1.29, 1.82) is 0 Å². The van der Waals surface area contributed by atoms with E-state index < -0.39 is 10.8 Å². The summed E-state index contributed by atoms with van der Waals surface area (Å²) in [5.74, 6) is 0.250. The molecule has 1 aromatic heterocycles. The summed E-state index contributed by atoms with van der Waals surface area (Å²) in [6.45, 7) is 1.65. The van der Waals surface area contributed by atoms with E-state index >= 15 is 0 Å². The van der Waals surface area contributed by atoms with Gasteiger partial charge in [-0.2, -0.15) is 10.2 Å². The van der Waals surface area contributed by atoms with Crippen LogP contribution in [0.15, 0.2) is 59.7 Å². The lowest BCUT2D eigenvalue weighted by atomic mass is 10.1. The van der Waals surface area contributed by atoms with Gasteiger partial charge in [-0.05, 0) is 37.3 Å². The van der Waals surface area contributed by atoms with Crippen molar-refractivity contribution in [3.05, 3.63) is 76.0 Å². The predicted molar refractivity (Wildman–Crippen MR) is 103 cm³/mol. The van der Waals surface area contributed by atoms with Gasteiger partial charge in [0, 0.05) is 23.3 Å². The minimum absolute atomic E-state index is 0.0453. The van der Waals surface area contributed by atoms with Gasteiger partial charge in [-0.3, -0.25) is 20.0 Å². The Hall–Kier alpha value is -4.01.